The van der Waals surface area contributed by atoms with E-state index in [-0.39, 0.29) is 0 Å². The highest BCUT2D eigenvalue weighted by molar-refractivity contribution is 5.84. The van der Waals surface area contributed by atoms with Crippen LogP contribution in [0.15, 0.2) is 36.4 Å². The molecule has 0 fully saturated rings. The minimum absolute atomic E-state index is 0.633. The Hall–Kier alpha value is -2.82. The molecule has 0 aliphatic rings. The van der Waals surface area contributed by atoms with Gasteiger partial charge in [0.1, 0.15) is 12.1 Å². The second kappa shape index (κ2) is 5.89. The van der Waals surface area contributed by atoms with Crippen LogP contribution < -0.4 is 9.47 Å². The summed E-state index contributed by atoms with van der Waals surface area (Å²) in [5, 5.41) is 0. The summed E-state index contributed by atoms with van der Waals surface area (Å²) in [6.45, 7) is 0. The number of aromatic nitrogens is 2. The molecule has 0 atom stereocenters. The maximum atomic E-state index is 10.8. The van der Waals surface area contributed by atoms with E-state index in [9.17, 15) is 4.79 Å². The molecule has 5 nitrogen and oxygen atoms in total. The first-order valence-corrected chi connectivity index (χ1v) is 6.88. The van der Waals surface area contributed by atoms with Gasteiger partial charge >= 0.3 is 0 Å². The van der Waals surface area contributed by atoms with E-state index in [1.165, 1.54) is 0 Å². The molecule has 0 amide bonds. The van der Waals surface area contributed by atoms with Gasteiger partial charge in [-0.05, 0) is 35.9 Å². The van der Waals surface area contributed by atoms with Crippen LogP contribution in [0.3, 0.4) is 0 Å². The van der Waals surface area contributed by atoms with Crippen LogP contribution in [0.5, 0.6) is 11.5 Å². The molecule has 1 aromatic heterocycles. The first-order valence-electron chi connectivity index (χ1n) is 6.88. The number of benzene rings is 2. The Balaban J connectivity index is 1.91. The molecule has 1 N–H and O–H groups in total. The Kier molecular flexibility index (Phi) is 3.78. The van der Waals surface area contributed by atoms with Crippen LogP contribution in [-0.4, -0.2) is 30.5 Å². The third-order valence-electron chi connectivity index (χ3n) is 3.51. The molecule has 0 saturated heterocycles. The predicted molar refractivity (Wildman–Crippen MR) is 83.8 cm³/mol. The van der Waals surface area contributed by atoms with Gasteiger partial charge in [0.2, 0.25) is 0 Å². The number of hydrogen-bond acceptors (Lipinski definition) is 4. The monoisotopic (exact) mass is 296 g/mol. The largest absolute Gasteiger partial charge is 0.493 e. The number of hydrogen-bond donors (Lipinski definition) is 1. The summed E-state index contributed by atoms with van der Waals surface area (Å²) in [6, 6.07) is 11.2. The molecule has 0 spiro atoms. The SMILES string of the molecule is COc1ccc(Cc2nc3ccc(C=O)cc3[nH]2)cc1OC. The van der Waals surface area contributed by atoms with Crippen LogP contribution in [0.2, 0.25) is 0 Å². The van der Waals surface area contributed by atoms with Crippen LogP contribution in [0.25, 0.3) is 11.0 Å². The molecule has 22 heavy (non-hydrogen) atoms. The lowest BCUT2D eigenvalue weighted by molar-refractivity contribution is 0.112. The minimum atomic E-state index is 0.633. The van der Waals surface area contributed by atoms with E-state index < -0.39 is 0 Å². The highest BCUT2D eigenvalue weighted by Crippen LogP contribution is 2.28. The van der Waals surface area contributed by atoms with Gasteiger partial charge in [-0.1, -0.05) is 6.07 Å². The van der Waals surface area contributed by atoms with Crippen molar-refractivity contribution in [3.63, 3.8) is 0 Å². The zero-order valence-corrected chi connectivity index (χ0v) is 12.4. The van der Waals surface area contributed by atoms with Crippen molar-refractivity contribution in [2.75, 3.05) is 14.2 Å². The smallest absolute Gasteiger partial charge is 0.161 e. The Morgan fingerprint density at radius 1 is 1.09 bits per heavy atom. The molecule has 2 aromatic carbocycles. The molecule has 5 heteroatoms. The molecule has 1 heterocycles. The number of ether oxygens (including phenoxy) is 2. The van der Waals surface area contributed by atoms with E-state index in [4.69, 9.17) is 9.47 Å². The third kappa shape index (κ3) is 2.65. The Bertz CT molecular complexity index is 824. The van der Waals surface area contributed by atoms with Crippen molar-refractivity contribution >= 4 is 17.3 Å². The van der Waals surface area contributed by atoms with Crippen LogP contribution in [0.1, 0.15) is 21.7 Å². The summed E-state index contributed by atoms with van der Waals surface area (Å²) in [7, 11) is 3.23. The van der Waals surface area contributed by atoms with E-state index in [0.717, 1.165) is 28.7 Å². The van der Waals surface area contributed by atoms with Crippen molar-refractivity contribution in [1.82, 2.24) is 9.97 Å². The molecule has 112 valence electrons. The minimum Gasteiger partial charge on any atom is -0.493 e. The summed E-state index contributed by atoms with van der Waals surface area (Å²) in [5.74, 6) is 2.23. The number of aldehydes is 1. The van der Waals surface area contributed by atoms with E-state index in [1.54, 1.807) is 26.4 Å². The number of nitrogens with zero attached hydrogens (tertiary/aromatic N) is 1. The quantitative estimate of drug-likeness (QED) is 0.735. The van der Waals surface area contributed by atoms with Gasteiger partial charge in [0, 0.05) is 12.0 Å². The van der Waals surface area contributed by atoms with Crippen molar-refractivity contribution in [2.45, 2.75) is 6.42 Å². The van der Waals surface area contributed by atoms with Gasteiger partial charge in [-0.25, -0.2) is 4.98 Å². The molecule has 0 saturated carbocycles. The third-order valence-corrected chi connectivity index (χ3v) is 3.51. The maximum absolute atomic E-state index is 10.8. The van der Waals surface area contributed by atoms with Crippen molar-refractivity contribution < 1.29 is 14.3 Å². The molecule has 3 rings (SSSR count). The number of imidazole rings is 1. The van der Waals surface area contributed by atoms with Crippen LogP contribution in [0, 0.1) is 0 Å². The van der Waals surface area contributed by atoms with Gasteiger partial charge in [-0.3, -0.25) is 4.79 Å². The van der Waals surface area contributed by atoms with Gasteiger partial charge < -0.3 is 14.5 Å². The zero-order valence-electron chi connectivity index (χ0n) is 12.4. The normalized spacial score (nSPS) is 10.6. The van der Waals surface area contributed by atoms with Gasteiger partial charge in [0.25, 0.3) is 0 Å². The number of methoxy groups -OCH3 is 2. The molecule has 0 aliphatic carbocycles. The zero-order chi connectivity index (χ0) is 15.5. The maximum Gasteiger partial charge on any atom is 0.161 e. The van der Waals surface area contributed by atoms with Crippen molar-refractivity contribution in [1.29, 1.82) is 0 Å². The topological polar surface area (TPSA) is 64.2 Å². The highest BCUT2D eigenvalue weighted by atomic mass is 16.5. The Labute approximate surface area is 127 Å². The number of fused-ring (bicyclic) bond motifs is 1. The molecule has 0 radical (unpaired) electrons. The second-order valence-corrected chi connectivity index (χ2v) is 4.94. The van der Waals surface area contributed by atoms with Crippen LogP contribution in [0.4, 0.5) is 0 Å². The molecular formula is C17H16N2O3. The lowest BCUT2D eigenvalue weighted by Gasteiger charge is -2.08. The summed E-state index contributed by atoms with van der Waals surface area (Å²) < 4.78 is 10.5. The van der Waals surface area contributed by atoms with Gasteiger partial charge in [0.05, 0.1) is 25.3 Å². The molecule has 3 aromatic rings. The molecular weight excluding hydrogens is 280 g/mol. The van der Waals surface area contributed by atoms with Crippen LogP contribution in [-0.2, 0) is 6.42 Å². The number of carbonyl (C=O) groups is 1. The number of aromatic amines is 1. The van der Waals surface area contributed by atoms with Crippen molar-refractivity contribution in [2.24, 2.45) is 0 Å². The second-order valence-electron chi connectivity index (χ2n) is 4.94. The van der Waals surface area contributed by atoms with Crippen molar-refractivity contribution in [3.8, 4) is 11.5 Å². The lowest BCUT2D eigenvalue weighted by atomic mass is 10.1. The summed E-state index contributed by atoms with van der Waals surface area (Å²) >= 11 is 0. The first kappa shape index (κ1) is 14.1. The Morgan fingerprint density at radius 2 is 1.91 bits per heavy atom. The number of H-pyrrole nitrogens is 1. The number of carbonyl (C=O) groups excluding carboxylic acids is 1. The van der Waals surface area contributed by atoms with Crippen LogP contribution >= 0.6 is 0 Å². The summed E-state index contributed by atoms with van der Waals surface area (Å²) in [6.07, 6.45) is 1.47. The molecule has 0 aliphatic heterocycles. The lowest BCUT2D eigenvalue weighted by Crippen LogP contribution is -1.94. The van der Waals surface area contributed by atoms with E-state index in [1.807, 2.05) is 24.3 Å². The fourth-order valence-electron chi connectivity index (χ4n) is 2.42. The van der Waals surface area contributed by atoms with Gasteiger partial charge in [-0.15, -0.1) is 0 Å². The number of rotatable bonds is 5. The van der Waals surface area contributed by atoms with Gasteiger partial charge in [-0.2, -0.15) is 0 Å². The molecule has 0 bridgehead atoms. The van der Waals surface area contributed by atoms with E-state index >= 15 is 0 Å². The first-order chi connectivity index (χ1) is 10.7. The van der Waals surface area contributed by atoms with Crippen molar-refractivity contribution in [3.05, 3.63) is 53.3 Å². The summed E-state index contributed by atoms with van der Waals surface area (Å²) in [5.41, 5.74) is 3.40. The summed E-state index contributed by atoms with van der Waals surface area (Å²) in [4.78, 5) is 18.6. The van der Waals surface area contributed by atoms with E-state index in [2.05, 4.69) is 9.97 Å². The highest BCUT2D eigenvalue weighted by Gasteiger charge is 2.08. The fraction of sp³-hybridized carbons (Fsp3) is 0.176. The average molecular weight is 296 g/mol. The average Bonchev–Trinajstić information content (AvgIpc) is 2.95. The molecule has 0 unspecified atom stereocenters. The predicted octanol–water partition coefficient (Wildman–Crippen LogP) is 2.98. The standard InChI is InChI=1S/C17H16N2O3/c1-21-15-6-4-11(8-16(15)22-2)9-17-18-13-5-3-12(10-20)7-14(13)19-17/h3-8,10H,9H2,1-2H3,(H,18,19). The number of nitrogens with one attached hydrogen (secondary N) is 1. The van der Waals surface area contributed by atoms with E-state index in [0.29, 0.717) is 23.5 Å². The van der Waals surface area contributed by atoms with Gasteiger partial charge in [0.15, 0.2) is 11.5 Å². The Morgan fingerprint density at radius 3 is 2.64 bits per heavy atom. The fourth-order valence-corrected chi connectivity index (χ4v) is 2.42.